The van der Waals surface area contributed by atoms with Crippen molar-refractivity contribution in [3.63, 3.8) is 0 Å². The summed E-state index contributed by atoms with van der Waals surface area (Å²) in [4.78, 5) is 24.3. The summed E-state index contributed by atoms with van der Waals surface area (Å²) < 4.78 is 43.9. The first-order valence-corrected chi connectivity index (χ1v) is 13.0. The van der Waals surface area contributed by atoms with Crippen molar-refractivity contribution < 1.29 is 32.2 Å². The van der Waals surface area contributed by atoms with Gasteiger partial charge in [-0.1, -0.05) is 34.8 Å². The maximum atomic E-state index is 13.2. The lowest BCUT2D eigenvalue weighted by Crippen LogP contribution is -2.21. The van der Waals surface area contributed by atoms with E-state index in [1.54, 1.807) is 0 Å². The van der Waals surface area contributed by atoms with Crippen LogP contribution in [0, 0.1) is 11.3 Å². The molecule has 0 heterocycles. The summed E-state index contributed by atoms with van der Waals surface area (Å²) in [5.41, 5.74) is 0.416. The molecule has 0 aliphatic rings. The highest BCUT2D eigenvalue weighted by Gasteiger charge is 2.25. The minimum atomic E-state index is -4.39. The Bertz CT molecular complexity index is 1540. The van der Waals surface area contributed by atoms with Crippen LogP contribution in [0.4, 0.5) is 11.4 Å². The summed E-state index contributed by atoms with van der Waals surface area (Å²) in [6.07, 6.45) is 0. The zero-order chi connectivity index (χ0) is 28.0. The van der Waals surface area contributed by atoms with Gasteiger partial charge in [-0.2, -0.15) is 5.26 Å². The van der Waals surface area contributed by atoms with Crippen LogP contribution in [0.1, 0.15) is 15.9 Å². The van der Waals surface area contributed by atoms with Crippen molar-refractivity contribution >= 4 is 68.1 Å². The van der Waals surface area contributed by atoms with Crippen molar-refractivity contribution in [2.45, 2.75) is 4.90 Å². The number of rotatable bonds is 9. The van der Waals surface area contributed by atoms with E-state index in [4.69, 9.17) is 54.3 Å². The molecule has 0 bridgehead atoms. The van der Waals surface area contributed by atoms with Crippen LogP contribution in [0.2, 0.25) is 15.1 Å². The number of carbonyl (C=O) groups excluding carboxylic acids is 2. The Balaban J connectivity index is 1.79. The minimum absolute atomic E-state index is 0.0204. The first kappa shape index (κ1) is 28.9. The molecule has 0 fully saturated rings. The second-order valence-corrected chi connectivity index (χ2v) is 10.2. The van der Waals surface area contributed by atoms with E-state index in [0.29, 0.717) is 11.3 Å². The van der Waals surface area contributed by atoms with E-state index >= 15 is 0 Å². The zero-order valence-electron chi connectivity index (χ0n) is 19.7. The average molecular weight is 599 g/mol. The molecule has 10 nitrogen and oxygen atoms in total. The van der Waals surface area contributed by atoms with E-state index in [0.717, 1.165) is 12.1 Å². The fourth-order valence-electron chi connectivity index (χ4n) is 3.07. The van der Waals surface area contributed by atoms with E-state index in [-0.39, 0.29) is 37.8 Å². The van der Waals surface area contributed by atoms with Gasteiger partial charge in [-0.3, -0.25) is 9.52 Å². The van der Waals surface area contributed by atoms with Crippen LogP contribution in [-0.4, -0.2) is 41.1 Å². The van der Waals surface area contributed by atoms with Crippen molar-refractivity contribution in [3.8, 4) is 17.6 Å². The Kier molecular flexibility index (Phi) is 9.30. The standard InChI is InChI=1S/C24H18Cl3N3O7S/c1-35-20-10-21(36-2)19(9-17(20)26)30-38(33,34)22-7-15(16(25)8-18(22)27)24(32)37-12-23(31)29-14-5-3-13(11-28)4-6-14/h3-10,30H,12H2,1-2H3,(H,29,31). The molecule has 0 aliphatic heterocycles. The number of halogens is 3. The van der Waals surface area contributed by atoms with Gasteiger partial charge in [-0.25, -0.2) is 13.2 Å². The predicted octanol–water partition coefficient (Wildman–Crippen LogP) is 5.13. The van der Waals surface area contributed by atoms with Gasteiger partial charge in [0, 0.05) is 11.8 Å². The van der Waals surface area contributed by atoms with Crippen LogP contribution >= 0.6 is 34.8 Å². The quantitative estimate of drug-likeness (QED) is 0.323. The molecule has 2 N–H and O–H groups in total. The monoisotopic (exact) mass is 597 g/mol. The van der Waals surface area contributed by atoms with Gasteiger partial charge in [0.1, 0.15) is 16.4 Å². The van der Waals surface area contributed by atoms with E-state index < -0.39 is 33.4 Å². The van der Waals surface area contributed by atoms with E-state index in [1.165, 1.54) is 50.6 Å². The molecule has 0 spiro atoms. The van der Waals surface area contributed by atoms with Crippen LogP contribution in [0.15, 0.2) is 53.4 Å². The van der Waals surface area contributed by atoms with E-state index in [1.807, 2.05) is 6.07 Å². The van der Waals surface area contributed by atoms with Gasteiger partial charge in [0.15, 0.2) is 6.61 Å². The third-order valence-electron chi connectivity index (χ3n) is 4.88. The van der Waals surface area contributed by atoms with Crippen molar-refractivity contribution in [2.24, 2.45) is 0 Å². The van der Waals surface area contributed by atoms with Gasteiger partial charge < -0.3 is 19.5 Å². The van der Waals surface area contributed by atoms with Crippen LogP contribution in [0.25, 0.3) is 0 Å². The van der Waals surface area contributed by atoms with Gasteiger partial charge >= 0.3 is 5.97 Å². The third-order valence-corrected chi connectivity index (χ3v) is 7.32. The molecular weight excluding hydrogens is 581 g/mol. The number of benzene rings is 3. The van der Waals surface area contributed by atoms with Gasteiger partial charge in [0.25, 0.3) is 15.9 Å². The first-order valence-electron chi connectivity index (χ1n) is 10.4. The number of ether oxygens (including phenoxy) is 3. The van der Waals surface area contributed by atoms with Gasteiger partial charge in [0.2, 0.25) is 0 Å². The number of methoxy groups -OCH3 is 2. The van der Waals surface area contributed by atoms with E-state index in [9.17, 15) is 18.0 Å². The molecule has 0 saturated carbocycles. The lowest BCUT2D eigenvalue weighted by atomic mass is 10.2. The number of hydrogen-bond acceptors (Lipinski definition) is 8. The molecule has 14 heteroatoms. The maximum absolute atomic E-state index is 13.2. The number of esters is 1. The SMILES string of the molecule is COc1cc(OC)c(NS(=O)(=O)c2cc(C(=O)OCC(=O)Nc3ccc(C#N)cc3)c(Cl)cc2Cl)cc1Cl. The smallest absolute Gasteiger partial charge is 0.340 e. The molecule has 38 heavy (non-hydrogen) atoms. The molecule has 198 valence electrons. The van der Waals surface area contributed by atoms with Crippen LogP contribution in [0.3, 0.4) is 0 Å². The topological polar surface area (TPSA) is 144 Å². The van der Waals surface area contributed by atoms with Gasteiger partial charge in [-0.05, 0) is 42.5 Å². The molecule has 0 saturated heterocycles. The number of amides is 1. The number of hydrogen-bond donors (Lipinski definition) is 2. The lowest BCUT2D eigenvalue weighted by Gasteiger charge is -2.15. The fourth-order valence-corrected chi connectivity index (χ4v) is 5.22. The van der Waals surface area contributed by atoms with Crippen molar-refractivity contribution in [1.82, 2.24) is 0 Å². The second kappa shape index (κ2) is 12.2. The Morgan fingerprint density at radius 3 is 2.18 bits per heavy atom. The summed E-state index contributed by atoms with van der Waals surface area (Å²) in [5.74, 6) is -1.38. The zero-order valence-corrected chi connectivity index (χ0v) is 22.8. The Morgan fingerprint density at radius 2 is 1.58 bits per heavy atom. The largest absolute Gasteiger partial charge is 0.495 e. The van der Waals surface area contributed by atoms with Crippen LogP contribution in [-0.2, 0) is 19.6 Å². The predicted molar refractivity (Wildman–Crippen MR) is 142 cm³/mol. The molecule has 3 aromatic rings. The summed E-state index contributed by atoms with van der Waals surface area (Å²) in [5, 5.41) is 11.0. The Labute approximate surface area is 233 Å². The number of nitriles is 1. The molecule has 0 aliphatic carbocycles. The molecule has 1 amide bonds. The summed E-state index contributed by atoms with van der Waals surface area (Å²) in [6, 6.07) is 12.6. The average Bonchev–Trinajstić information content (AvgIpc) is 2.87. The summed E-state index contributed by atoms with van der Waals surface area (Å²) in [6.45, 7) is -0.695. The fraction of sp³-hybridized carbons (Fsp3) is 0.125. The number of anilines is 2. The second-order valence-electron chi connectivity index (χ2n) is 7.37. The minimum Gasteiger partial charge on any atom is -0.495 e. The van der Waals surface area contributed by atoms with Gasteiger partial charge in [-0.15, -0.1) is 0 Å². The molecular formula is C24H18Cl3N3O7S. The molecule has 0 atom stereocenters. The van der Waals surface area contributed by atoms with Crippen molar-refractivity contribution in [2.75, 3.05) is 30.9 Å². The van der Waals surface area contributed by atoms with Gasteiger partial charge in [0.05, 0.1) is 52.2 Å². The molecule has 0 unspecified atom stereocenters. The lowest BCUT2D eigenvalue weighted by molar-refractivity contribution is -0.119. The molecule has 0 radical (unpaired) electrons. The Hall–Kier alpha value is -3.69. The third kappa shape index (κ3) is 6.79. The van der Waals surface area contributed by atoms with Crippen LogP contribution < -0.4 is 19.5 Å². The molecule has 3 rings (SSSR count). The number of nitrogens with zero attached hydrogens (tertiary/aromatic N) is 1. The maximum Gasteiger partial charge on any atom is 0.340 e. The first-order chi connectivity index (χ1) is 18.0. The van der Waals surface area contributed by atoms with E-state index in [2.05, 4.69) is 10.0 Å². The summed E-state index contributed by atoms with van der Waals surface area (Å²) in [7, 11) is -1.69. The Morgan fingerprint density at radius 1 is 0.921 bits per heavy atom. The highest BCUT2D eigenvalue weighted by atomic mass is 35.5. The number of carbonyl (C=O) groups is 2. The molecule has 3 aromatic carbocycles. The van der Waals surface area contributed by atoms with Crippen LogP contribution in [0.5, 0.6) is 11.5 Å². The highest BCUT2D eigenvalue weighted by molar-refractivity contribution is 7.92. The van der Waals surface area contributed by atoms with Crippen molar-refractivity contribution in [1.29, 1.82) is 5.26 Å². The number of nitrogens with one attached hydrogen (secondary N) is 2. The number of sulfonamides is 1. The molecule has 0 aromatic heterocycles. The normalized spacial score (nSPS) is 10.7. The van der Waals surface area contributed by atoms with Crippen molar-refractivity contribution in [3.05, 3.63) is 74.7 Å². The highest BCUT2D eigenvalue weighted by Crippen LogP contribution is 2.38. The summed E-state index contributed by atoms with van der Waals surface area (Å²) >= 11 is 18.3.